The maximum atomic E-state index is 11.3. The van der Waals surface area contributed by atoms with E-state index < -0.39 is 0 Å². The SMILES string of the molecule is CCN(I)CCSCCC(=O)OCCOCCOF. The number of rotatable bonds is 13. The lowest BCUT2D eigenvalue weighted by molar-refractivity contribution is -0.152. The van der Waals surface area contributed by atoms with Crippen LogP contribution in [-0.4, -0.2) is 60.1 Å². The van der Waals surface area contributed by atoms with E-state index in [9.17, 15) is 9.32 Å². The Morgan fingerprint density at radius 2 is 2.00 bits per heavy atom. The summed E-state index contributed by atoms with van der Waals surface area (Å²) in [6, 6.07) is 0. The van der Waals surface area contributed by atoms with Gasteiger partial charge in [0.2, 0.25) is 0 Å². The molecule has 0 atom stereocenters. The zero-order chi connectivity index (χ0) is 14.3. The summed E-state index contributed by atoms with van der Waals surface area (Å²) in [5.41, 5.74) is 0. The molecule has 19 heavy (non-hydrogen) atoms. The third-order valence-corrected chi connectivity index (χ3v) is 4.20. The van der Waals surface area contributed by atoms with E-state index in [0.29, 0.717) is 6.42 Å². The van der Waals surface area contributed by atoms with E-state index in [1.807, 2.05) is 0 Å². The van der Waals surface area contributed by atoms with Crippen LogP contribution < -0.4 is 0 Å². The molecule has 0 bridgehead atoms. The number of esters is 1. The van der Waals surface area contributed by atoms with Gasteiger partial charge < -0.3 is 9.47 Å². The van der Waals surface area contributed by atoms with Gasteiger partial charge in [-0.05, 0) is 4.53 Å². The third kappa shape index (κ3) is 14.6. The Morgan fingerprint density at radius 1 is 1.26 bits per heavy atom. The van der Waals surface area contributed by atoms with Crippen LogP contribution in [0.25, 0.3) is 0 Å². The summed E-state index contributed by atoms with van der Waals surface area (Å²) in [4.78, 5) is 14.6. The van der Waals surface area contributed by atoms with Crippen molar-refractivity contribution in [2.24, 2.45) is 0 Å². The number of ether oxygens (including phenoxy) is 2. The Hall–Kier alpha value is 0.360. The number of carbonyl (C=O) groups excluding carboxylic acids is 1. The lowest BCUT2D eigenvalue weighted by atomic mass is 10.5. The van der Waals surface area contributed by atoms with Gasteiger partial charge in [0, 0.05) is 47.5 Å². The molecule has 0 unspecified atom stereocenters. The van der Waals surface area contributed by atoms with E-state index in [1.54, 1.807) is 11.8 Å². The molecule has 0 aliphatic carbocycles. The summed E-state index contributed by atoms with van der Waals surface area (Å²) in [6.07, 6.45) is 0.408. The van der Waals surface area contributed by atoms with Gasteiger partial charge >= 0.3 is 5.97 Å². The van der Waals surface area contributed by atoms with Crippen molar-refractivity contribution in [3.8, 4) is 0 Å². The highest BCUT2D eigenvalue weighted by Crippen LogP contribution is 2.06. The predicted octanol–water partition coefficient (Wildman–Crippen LogP) is 2.24. The van der Waals surface area contributed by atoms with E-state index in [0.717, 1.165) is 24.6 Å². The molecule has 0 heterocycles. The van der Waals surface area contributed by atoms with Gasteiger partial charge in [-0.15, -0.1) is 0 Å². The van der Waals surface area contributed by atoms with Gasteiger partial charge in [0.05, 0.1) is 19.6 Å². The largest absolute Gasteiger partial charge is 0.463 e. The van der Waals surface area contributed by atoms with E-state index in [1.165, 1.54) is 0 Å². The summed E-state index contributed by atoms with van der Waals surface area (Å²) in [7, 11) is 0. The van der Waals surface area contributed by atoms with Crippen molar-refractivity contribution in [2.75, 3.05) is 51.0 Å². The summed E-state index contributed by atoms with van der Waals surface area (Å²) < 4.78 is 23.3. The van der Waals surface area contributed by atoms with Crippen LogP contribution in [0.5, 0.6) is 0 Å². The van der Waals surface area contributed by atoms with Crippen LogP contribution >= 0.6 is 34.6 Å². The summed E-state index contributed by atoms with van der Waals surface area (Å²) in [5, 5.41) is 0. The van der Waals surface area contributed by atoms with Crippen molar-refractivity contribution in [3.63, 3.8) is 0 Å². The van der Waals surface area contributed by atoms with Crippen molar-refractivity contribution in [3.05, 3.63) is 0 Å². The van der Waals surface area contributed by atoms with Crippen LogP contribution in [0, 0.1) is 0 Å². The molecular weight excluding hydrogens is 388 g/mol. The normalized spacial score (nSPS) is 10.9. The maximum Gasteiger partial charge on any atom is 0.306 e. The van der Waals surface area contributed by atoms with Crippen LogP contribution in [0.15, 0.2) is 0 Å². The lowest BCUT2D eigenvalue weighted by Crippen LogP contribution is -2.15. The molecule has 0 radical (unpaired) electrons. The average Bonchev–Trinajstić information content (AvgIpc) is 2.42. The third-order valence-electron chi connectivity index (χ3n) is 2.07. The van der Waals surface area contributed by atoms with Gasteiger partial charge in [-0.25, -0.2) is 3.11 Å². The van der Waals surface area contributed by atoms with Gasteiger partial charge in [-0.1, -0.05) is 6.92 Å². The zero-order valence-electron chi connectivity index (χ0n) is 11.1. The maximum absolute atomic E-state index is 11.3. The van der Waals surface area contributed by atoms with Gasteiger partial charge in [0.15, 0.2) is 0 Å². The average molecular weight is 409 g/mol. The van der Waals surface area contributed by atoms with Crippen LogP contribution in [0.3, 0.4) is 0 Å². The molecule has 0 aromatic heterocycles. The minimum atomic E-state index is -0.223. The Morgan fingerprint density at radius 3 is 2.68 bits per heavy atom. The first-order valence-electron chi connectivity index (χ1n) is 6.16. The molecule has 0 aromatic carbocycles. The number of carbonyl (C=O) groups is 1. The number of nitrogens with zero attached hydrogens (tertiary/aromatic N) is 1. The number of hydrogen-bond donors (Lipinski definition) is 0. The van der Waals surface area contributed by atoms with Crippen molar-refractivity contribution >= 4 is 40.6 Å². The molecule has 114 valence electrons. The van der Waals surface area contributed by atoms with E-state index >= 15 is 0 Å². The molecule has 0 N–H and O–H groups in total. The van der Waals surface area contributed by atoms with E-state index in [2.05, 4.69) is 37.8 Å². The quantitative estimate of drug-likeness (QED) is 0.201. The zero-order valence-corrected chi connectivity index (χ0v) is 14.1. The van der Waals surface area contributed by atoms with Gasteiger partial charge in [-0.3, -0.25) is 4.79 Å². The second-order valence-corrected chi connectivity index (χ2v) is 6.10. The first-order valence-corrected chi connectivity index (χ1v) is 8.28. The van der Waals surface area contributed by atoms with E-state index in [-0.39, 0.29) is 32.4 Å². The van der Waals surface area contributed by atoms with Crippen molar-refractivity contribution in [2.45, 2.75) is 13.3 Å². The van der Waals surface area contributed by atoms with Gasteiger partial charge in [-0.2, -0.15) is 16.7 Å². The Balaban J connectivity index is 3.21. The molecule has 0 saturated heterocycles. The molecule has 0 saturated carbocycles. The number of hydrogen-bond acceptors (Lipinski definition) is 6. The van der Waals surface area contributed by atoms with Crippen LogP contribution in [0.4, 0.5) is 4.53 Å². The number of thioether (sulfide) groups is 1. The van der Waals surface area contributed by atoms with Crippen molar-refractivity contribution in [1.29, 1.82) is 0 Å². The monoisotopic (exact) mass is 409 g/mol. The minimum Gasteiger partial charge on any atom is -0.463 e. The fraction of sp³-hybridized carbons (Fsp3) is 0.909. The Kier molecular flexibility index (Phi) is 15.0. The van der Waals surface area contributed by atoms with Gasteiger partial charge in [0.1, 0.15) is 13.2 Å². The summed E-state index contributed by atoms with van der Waals surface area (Å²) in [5.74, 6) is 1.56. The molecule has 0 aliphatic rings. The number of halogens is 2. The molecule has 0 rings (SSSR count). The molecule has 0 aromatic rings. The lowest BCUT2D eigenvalue weighted by Gasteiger charge is -2.10. The molecule has 5 nitrogen and oxygen atoms in total. The molecule has 0 fully saturated rings. The molecule has 0 aliphatic heterocycles. The van der Waals surface area contributed by atoms with Crippen molar-refractivity contribution < 1.29 is 23.7 Å². The van der Waals surface area contributed by atoms with Gasteiger partial charge in [0.25, 0.3) is 0 Å². The second-order valence-electron chi connectivity index (χ2n) is 3.51. The highest BCUT2D eigenvalue weighted by molar-refractivity contribution is 14.1. The van der Waals surface area contributed by atoms with Crippen molar-refractivity contribution in [1.82, 2.24) is 3.11 Å². The van der Waals surface area contributed by atoms with Crippen LogP contribution in [-0.2, 0) is 19.2 Å². The fourth-order valence-corrected chi connectivity index (χ4v) is 2.49. The Labute approximate surface area is 131 Å². The molecule has 8 heteroatoms. The molecule has 0 amide bonds. The van der Waals surface area contributed by atoms with Crippen LogP contribution in [0.1, 0.15) is 13.3 Å². The predicted molar refractivity (Wildman–Crippen MR) is 82.0 cm³/mol. The Bertz CT molecular complexity index is 227. The first-order chi connectivity index (χ1) is 9.20. The standard InChI is InChI=1S/C11H21FINO4S/c1-2-14(13)4-10-19-9-3-11(15)17-7-5-16-6-8-18-12/h2-10H2,1H3. The van der Waals surface area contributed by atoms with Crippen LogP contribution in [0.2, 0.25) is 0 Å². The highest BCUT2D eigenvalue weighted by Gasteiger charge is 2.03. The molecule has 0 spiro atoms. The molecular formula is C11H21FINO4S. The fourth-order valence-electron chi connectivity index (χ4n) is 1.06. The summed E-state index contributed by atoms with van der Waals surface area (Å²) >= 11 is 4.02. The minimum absolute atomic E-state index is 0.101. The summed E-state index contributed by atoms with van der Waals surface area (Å²) in [6.45, 7) is 4.67. The smallest absolute Gasteiger partial charge is 0.306 e. The second kappa shape index (κ2) is 14.8. The highest BCUT2D eigenvalue weighted by atomic mass is 127. The van der Waals surface area contributed by atoms with E-state index in [4.69, 9.17) is 9.47 Å². The topological polar surface area (TPSA) is 48.0 Å². The first kappa shape index (κ1) is 19.4.